The van der Waals surface area contributed by atoms with Crippen molar-refractivity contribution in [3.63, 3.8) is 0 Å². The maximum Gasteiger partial charge on any atom is 0.410 e. The molecule has 1 amide bonds. The number of hydrogen-bond acceptors (Lipinski definition) is 4. The molecular weight excluding hydrogens is 292 g/mol. The molecule has 2 fully saturated rings. The zero-order chi connectivity index (χ0) is 15.8. The highest BCUT2D eigenvalue weighted by Crippen LogP contribution is 2.21. The predicted octanol–water partition coefficient (Wildman–Crippen LogP) is 2.29. The van der Waals surface area contributed by atoms with Crippen LogP contribution in [-0.4, -0.2) is 58.1 Å². The van der Waals surface area contributed by atoms with Gasteiger partial charge in [0.25, 0.3) is 0 Å². The predicted molar refractivity (Wildman–Crippen MR) is 87.2 cm³/mol. The van der Waals surface area contributed by atoms with Crippen LogP contribution in [0.15, 0.2) is 18.2 Å². The van der Waals surface area contributed by atoms with Crippen LogP contribution in [0, 0.1) is 6.92 Å². The molecule has 1 aromatic heterocycles. The van der Waals surface area contributed by atoms with E-state index in [2.05, 4.69) is 40.0 Å². The fourth-order valence-electron chi connectivity index (χ4n) is 3.59. The highest BCUT2D eigenvalue weighted by molar-refractivity contribution is 5.75. The van der Waals surface area contributed by atoms with Crippen LogP contribution in [0.4, 0.5) is 4.79 Å². The molecule has 2 aliphatic rings. The first-order valence-electron chi connectivity index (χ1n) is 8.30. The summed E-state index contributed by atoms with van der Waals surface area (Å²) in [5, 5.41) is 0. The topological polar surface area (TPSA) is 61.5 Å². The molecule has 0 unspecified atom stereocenters. The summed E-state index contributed by atoms with van der Waals surface area (Å²) in [6.07, 6.45) is 1.87. The number of amides is 1. The summed E-state index contributed by atoms with van der Waals surface area (Å²) in [4.78, 5) is 24.0. The van der Waals surface area contributed by atoms with Crippen molar-refractivity contribution >= 4 is 17.1 Å². The normalized spacial score (nSPS) is 20.4. The molecule has 0 saturated carbocycles. The molecule has 1 aromatic carbocycles. The molecule has 122 valence electrons. The SMILES string of the molecule is Cc1ccc2nc(CN3CCC(N4CCOC4=O)CC3)[nH]c2c1. The van der Waals surface area contributed by atoms with Crippen LogP contribution in [0.3, 0.4) is 0 Å². The van der Waals surface area contributed by atoms with Crippen LogP contribution in [0.5, 0.6) is 0 Å². The fraction of sp³-hybridized carbons (Fsp3) is 0.529. The molecule has 6 heteroatoms. The van der Waals surface area contributed by atoms with Gasteiger partial charge in [-0.05, 0) is 37.5 Å². The molecule has 0 spiro atoms. The number of nitrogens with one attached hydrogen (secondary N) is 1. The molecule has 23 heavy (non-hydrogen) atoms. The van der Waals surface area contributed by atoms with Gasteiger partial charge in [-0.3, -0.25) is 4.90 Å². The van der Waals surface area contributed by atoms with Crippen molar-refractivity contribution in [1.82, 2.24) is 19.8 Å². The molecule has 3 heterocycles. The average molecular weight is 314 g/mol. The molecule has 0 radical (unpaired) electrons. The minimum Gasteiger partial charge on any atom is -0.448 e. The van der Waals surface area contributed by atoms with Gasteiger partial charge in [0.2, 0.25) is 0 Å². The van der Waals surface area contributed by atoms with Gasteiger partial charge < -0.3 is 14.6 Å². The second kappa shape index (κ2) is 5.85. The third-order valence-electron chi connectivity index (χ3n) is 4.85. The Bertz CT molecular complexity index is 718. The molecular formula is C17H22N4O2. The Morgan fingerprint density at radius 3 is 2.87 bits per heavy atom. The van der Waals surface area contributed by atoms with Gasteiger partial charge in [-0.25, -0.2) is 9.78 Å². The summed E-state index contributed by atoms with van der Waals surface area (Å²) in [7, 11) is 0. The maximum atomic E-state index is 11.6. The molecule has 2 aromatic rings. The quantitative estimate of drug-likeness (QED) is 0.944. The van der Waals surface area contributed by atoms with E-state index >= 15 is 0 Å². The number of carbonyl (C=O) groups excluding carboxylic acids is 1. The number of nitrogens with zero attached hydrogens (tertiary/aromatic N) is 3. The van der Waals surface area contributed by atoms with Crippen molar-refractivity contribution in [2.75, 3.05) is 26.2 Å². The number of imidazole rings is 1. The molecule has 2 saturated heterocycles. The average Bonchev–Trinajstić information content (AvgIpc) is 3.13. The van der Waals surface area contributed by atoms with Gasteiger partial charge >= 0.3 is 6.09 Å². The highest BCUT2D eigenvalue weighted by Gasteiger charge is 2.32. The summed E-state index contributed by atoms with van der Waals surface area (Å²) in [5.41, 5.74) is 3.38. The number of aryl methyl sites for hydroxylation is 1. The van der Waals surface area contributed by atoms with Crippen LogP contribution in [-0.2, 0) is 11.3 Å². The summed E-state index contributed by atoms with van der Waals surface area (Å²) in [5.74, 6) is 1.02. The van der Waals surface area contributed by atoms with E-state index in [0.717, 1.165) is 55.9 Å². The molecule has 0 bridgehead atoms. The summed E-state index contributed by atoms with van der Waals surface area (Å²) < 4.78 is 5.04. The monoisotopic (exact) mass is 314 g/mol. The lowest BCUT2D eigenvalue weighted by Gasteiger charge is -2.35. The molecule has 0 aliphatic carbocycles. The smallest absolute Gasteiger partial charge is 0.410 e. The Labute approximate surface area is 135 Å². The number of ether oxygens (including phenoxy) is 1. The van der Waals surface area contributed by atoms with Crippen molar-refractivity contribution in [1.29, 1.82) is 0 Å². The lowest BCUT2D eigenvalue weighted by atomic mass is 10.0. The minimum atomic E-state index is -0.142. The first kappa shape index (κ1) is 14.5. The number of cyclic esters (lactones) is 1. The van der Waals surface area contributed by atoms with E-state index in [4.69, 9.17) is 4.74 Å². The Balaban J connectivity index is 1.37. The molecule has 4 rings (SSSR count). The largest absolute Gasteiger partial charge is 0.448 e. The first-order valence-corrected chi connectivity index (χ1v) is 8.30. The second-order valence-electron chi connectivity index (χ2n) is 6.52. The molecule has 1 N–H and O–H groups in total. The second-order valence-corrected chi connectivity index (χ2v) is 6.52. The Morgan fingerprint density at radius 1 is 1.30 bits per heavy atom. The number of rotatable bonds is 3. The van der Waals surface area contributed by atoms with E-state index in [1.54, 1.807) is 0 Å². The van der Waals surface area contributed by atoms with Crippen molar-refractivity contribution in [2.24, 2.45) is 0 Å². The molecule has 6 nitrogen and oxygen atoms in total. The molecule has 0 atom stereocenters. The zero-order valence-corrected chi connectivity index (χ0v) is 13.4. The van der Waals surface area contributed by atoms with Gasteiger partial charge in [0.1, 0.15) is 12.4 Å². The summed E-state index contributed by atoms with van der Waals surface area (Å²) >= 11 is 0. The van der Waals surface area contributed by atoms with Crippen LogP contribution in [0.2, 0.25) is 0 Å². The third-order valence-corrected chi connectivity index (χ3v) is 4.85. The number of benzene rings is 1. The Morgan fingerprint density at radius 2 is 2.13 bits per heavy atom. The van der Waals surface area contributed by atoms with E-state index in [0.29, 0.717) is 12.6 Å². The van der Waals surface area contributed by atoms with E-state index in [1.807, 2.05) is 4.90 Å². The standard InChI is InChI=1S/C17H22N4O2/c1-12-2-3-14-15(10-12)19-16(18-14)11-20-6-4-13(5-7-20)21-8-9-23-17(21)22/h2-3,10,13H,4-9,11H2,1H3,(H,18,19). The number of aromatic nitrogens is 2. The van der Waals surface area contributed by atoms with Crippen LogP contribution >= 0.6 is 0 Å². The highest BCUT2D eigenvalue weighted by atomic mass is 16.6. The van der Waals surface area contributed by atoms with Crippen LogP contribution < -0.4 is 0 Å². The lowest BCUT2D eigenvalue weighted by Crippen LogP contribution is -2.45. The maximum absolute atomic E-state index is 11.6. The summed E-state index contributed by atoms with van der Waals surface area (Å²) in [6, 6.07) is 6.63. The van der Waals surface area contributed by atoms with Gasteiger partial charge in [0.15, 0.2) is 0 Å². The summed E-state index contributed by atoms with van der Waals surface area (Å²) in [6.45, 7) is 6.19. The Hall–Kier alpha value is -2.08. The lowest BCUT2D eigenvalue weighted by molar-refractivity contribution is 0.114. The number of hydrogen-bond donors (Lipinski definition) is 1. The van der Waals surface area contributed by atoms with E-state index in [-0.39, 0.29) is 6.09 Å². The van der Waals surface area contributed by atoms with Gasteiger partial charge in [0.05, 0.1) is 24.1 Å². The Kier molecular flexibility index (Phi) is 3.69. The number of likely N-dealkylation sites (tertiary alicyclic amines) is 1. The van der Waals surface area contributed by atoms with Crippen molar-refractivity contribution in [2.45, 2.75) is 32.4 Å². The van der Waals surface area contributed by atoms with Crippen LogP contribution in [0.1, 0.15) is 24.2 Å². The number of aromatic amines is 1. The number of H-pyrrole nitrogens is 1. The third kappa shape index (κ3) is 2.91. The van der Waals surface area contributed by atoms with Crippen molar-refractivity contribution in [3.05, 3.63) is 29.6 Å². The van der Waals surface area contributed by atoms with Gasteiger partial charge in [-0.1, -0.05) is 6.07 Å². The number of carbonyl (C=O) groups is 1. The number of fused-ring (bicyclic) bond motifs is 1. The van der Waals surface area contributed by atoms with Crippen LogP contribution in [0.25, 0.3) is 11.0 Å². The minimum absolute atomic E-state index is 0.142. The fourth-order valence-corrected chi connectivity index (χ4v) is 3.59. The van der Waals surface area contributed by atoms with Gasteiger partial charge in [-0.15, -0.1) is 0 Å². The van der Waals surface area contributed by atoms with Gasteiger partial charge in [-0.2, -0.15) is 0 Å². The molecule has 2 aliphatic heterocycles. The van der Waals surface area contributed by atoms with E-state index < -0.39 is 0 Å². The van der Waals surface area contributed by atoms with E-state index in [9.17, 15) is 4.79 Å². The van der Waals surface area contributed by atoms with Gasteiger partial charge in [0, 0.05) is 19.1 Å². The van der Waals surface area contributed by atoms with E-state index in [1.165, 1.54) is 5.56 Å². The zero-order valence-electron chi connectivity index (χ0n) is 13.4. The number of piperidine rings is 1. The van der Waals surface area contributed by atoms with Crippen molar-refractivity contribution < 1.29 is 9.53 Å². The first-order chi connectivity index (χ1) is 11.2. The van der Waals surface area contributed by atoms with Crippen molar-refractivity contribution in [3.8, 4) is 0 Å².